The summed E-state index contributed by atoms with van der Waals surface area (Å²) in [5.74, 6) is -0.227. The molecule has 1 aromatic carbocycles. The molecule has 3 aromatic rings. The van der Waals surface area contributed by atoms with Gasteiger partial charge in [0.05, 0.1) is 18.3 Å². The van der Waals surface area contributed by atoms with Crippen molar-refractivity contribution in [3.63, 3.8) is 0 Å². The summed E-state index contributed by atoms with van der Waals surface area (Å²) in [6, 6.07) is 6.75. The first-order valence-electron chi connectivity index (χ1n) is 6.95. The van der Waals surface area contributed by atoms with E-state index in [4.69, 9.17) is 0 Å². The molecule has 2 heterocycles. The lowest BCUT2D eigenvalue weighted by Crippen LogP contribution is -2.20. The van der Waals surface area contributed by atoms with E-state index in [2.05, 4.69) is 15.4 Å². The number of halogens is 1. The van der Waals surface area contributed by atoms with Gasteiger partial charge in [0.2, 0.25) is 0 Å². The van der Waals surface area contributed by atoms with Crippen molar-refractivity contribution in [2.45, 2.75) is 20.0 Å². The first kappa shape index (κ1) is 13.7. The lowest BCUT2D eigenvalue weighted by atomic mass is 10.1. The first-order valence-corrected chi connectivity index (χ1v) is 6.95. The fourth-order valence-electron chi connectivity index (χ4n) is 2.37. The van der Waals surface area contributed by atoms with Crippen molar-refractivity contribution in [3.05, 3.63) is 59.8 Å². The molecule has 0 unspecified atom stereocenters. The van der Waals surface area contributed by atoms with Gasteiger partial charge in [-0.3, -0.25) is 9.67 Å². The van der Waals surface area contributed by atoms with E-state index in [1.54, 1.807) is 12.3 Å². The molecule has 0 aliphatic rings. The molecule has 0 saturated carbocycles. The van der Waals surface area contributed by atoms with E-state index in [9.17, 15) is 4.39 Å². The minimum Gasteiger partial charge on any atom is -0.311 e. The van der Waals surface area contributed by atoms with Crippen LogP contribution in [0.25, 0.3) is 10.9 Å². The average Bonchev–Trinajstić information content (AvgIpc) is 2.89. The summed E-state index contributed by atoms with van der Waals surface area (Å²) in [6.45, 7) is 4.16. The summed E-state index contributed by atoms with van der Waals surface area (Å²) in [7, 11) is 0. The summed E-state index contributed by atoms with van der Waals surface area (Å²) in [5, 5.41) is 8.37. The van der Waals surface area contributed by atoms with Crippen LogP contribution in [0.15, 0.2) is 42.9 Å². The zero-order valence-corrected chi connectivity index (χ0v) is 11.9. The van der Waals surface area contributed by atoms with Crippen molar-refractivity contribution in [3.8, 4) is 0 Å². The number of aryl methyl sites for hydroxylation is 1. The van der Waals surface area contributed by atoms with Crippen LogP contribution < -0.4 is 5.32 Å². The Kier molecular flexibility index (Phi) is 3.92. The molecule has 4 nitrogen and oxygen atoms in total. The summed E-state index contributed by atoms with van der Waals surface area (Å²) in [6.07, 6.45) is 5.57. The summed E-state index contributed by atoms with van der Waals surface area (Å²) >= 11 is 0. The molecule has 0 amide bonds. The Morgan fingerprint density at radius 2 is 2.24 bits per heavy atom. The zero-order chi connectivity index (χ0) is 14.7. The lowest BCUT2D eigenvalue weighted by molar-refractivity contribution is 0.553. The molecule has 0 radical (unpaired) electrons. The van der Waals surface area contributed by atoms with E-state index in [-0.39, 0.29) is 5.82 Å². The third-order valence-electron chi connectivity index (χ3n) is 3.34. The van der Waals surface area contributed by atoms with Crippen molar-refractivity contribution in [1.29, 1.82) is 0 Å². The van der Waals surface area contributed by atoms with Gasteiger partial charge in [-0.25, -0.2) is 4.39 Å². The van der Waals surface area contributed by atoms with Crippen molar-refractivity contribution in [2.24, 2.45) is 0 Å². The molecule has 5 heteroatoms. The van der Waals surface area contributed by atoms with Gasteiger partial charge in [-0.1, -0.05) is 6.07 Å². The fourth-order valence-corrected chi connectivity index (χ4v) is 2.37. The first-order chi connectivity index (χ1) is 10.2. The summed E-state index contributed by atoms with van der Waals surface area (Å²) in [4.78, 5) is 4.34. The molecular weight excluding hydrogens is 267 g/mol. The van der Waals surface area contributed by atoms with Crippen LogP contribution in [0.3, 0.4) is 0 Å². The van der Waals surface area contributed by atoms with E-state index in [1.165, 1.54) is 6.07 Å². The number of fused-ring (bicyclic) bond motifs is 1. The second kappa shape index (κ2) is 6.01. The number of rotatable bonds is 5. The average molecular weight is 284 g/mol. The second-order valence-electron chi connectivity index (χ2n) is 5.10. The van der Waals surface area contributed by atoms with E-state index in [1.807, 2.05) is 36.1 Å². The Labute approximate surface area is 122 Å². The highest BCUT2D eigenvalue weighted by atomic mass is 19.1. The Bertz CT molecular complexity index is 751. The largest absolute Gasteiger partial charge is 0.311 e. The maximum absolute atomic E-state index is 13.6. The topological polar surface area (TPSA) is 42.7 Å². The van der Waals surface area contributed by atoms with Crippen molar-refractivity contribution in [1.82, 2.24) is 20.1 Å². The van der Waals surface area contributed by atoms with Crippen LogP contribution in [-0.4, -0.2) is 21.3 Å². The standard InChI is InChI=1S/C16H17FN4/c1-12-9-20-21(11-12)6-5-18-10-14-8-15(17)7-13-3-2-4-19-16(13)14/h2-4,7-9,11,18H,5-6,10H2,1H3. The number of hydrogen-bond acceptors (Lipinski definition) is 3. The SMILES string of the molecule is Cc1cnn(CCNCc2cc(F)cc3cccnc23)c1. The van der Waals surface area contributed by atoms with Gasteiger partial charge in [0.15, 0.2) is 0 Å². The van der Waals surface area contributed by atoms with Gasteiger partial charge in [0.1, 0.15) is 5.82 Å². The monoisotopic (exact) mass is 284 g/mol. The van der Waals surface area contributed by atoms with Gasteiger partial charge in [0, 0.05) is 30.9 Å². The molecule has 108 valence electrons. The van der Waals surface area contributed by atoms with E-state index >= 15 is 0 Å². The van der Waals surface area contributed by atoms with Gasteiger partial charge >= 0.3 is 0 Å². The van der Waals surface area contributed by atoms with Crippen LogP contribution in [0.4, 0.5) is 4.39 Å². The van der Waals surface area contributed by atoms with Gasteiger partial charge < -0.3 is 5.32 Å². The van der Waals surface area contributed by atoms with Gasteiger partial charge in [-0.15, -0.1) is 0 Å². The molecule has 0 atom stereocenters. The second-order valence-corrected chi connectivity index (χ2v) is 5.10. The van der Waals surface area contributed by atoms with Crippen LogP contribution in [0.2, 0.25) is 0 Å². The van der Waals surface area contributed by atoms with Crippen molar-refractivity contribution >= 4 is 10.9 Å². The highest BCUT2D eigenvalue weighted by Gasteiger charge is 2.05. The van der Waals surface area contributed by atoms with E-state index in [0.717, 1.165) is 35.1 Å². The van der Waals surface area contributed by atoms with Gasteiger partial charge in [-0.05, 0) is 36.2 Å². The third kappa shape index (κ3) is 3.25. The van der Waals surface area contributed by atoms with Gasteiger partial charge in [-0.2, -0.15) is 5.10 Å². The Morgan fingerprint density at radius 1 is 1.33 bits per heavy atom. The molecule has 1 N–H and O–H groups in total. The number of benzene rings is 1. The molecule has 21 heavy (non-hydrogen) atoms. The zero-order valence-electron chi connectivity index (χ0n) is 11.9. The smallest absolute Gasteiger partial charge is 0.124 e. The molecule has 0 saturated heterocycles. The van der Waals surface area contributed by atoms with E-state index in [0.29, 0.717) is 6.54 Å². The highest BCUT2D eigenvalue weighted by molar-refractivity contribution is 5.81. The van der Waals surface area contributed by atoms with Crippen LogP contribution in [0, 0.1) is 12.7 Å². The van der Waals surface area contributed by atoms with E-state index < -0.39 is 0 Å². The van der Waals surface area contributed by atoms with Crippen LogP contribution in [0.5, 0.6) is 0 Å². The maximum Gasteiger partial charge on any atom is 0.124 e. The number of pyridine rings is 1. The van der Waals surface area contributed by atoms with Crippen LogP contribution in [-0.2, 0) is 13.1 Å². The Balaban J connectivity index is 1.65. The Hall–Kier alpha value is -2.27. The number of nitrogens with one attached hydrogen (secondary N) is 1. The molecule has 0 spiro atoms. The van der Waals surface area contributed by atoms with Crippen molar-refractivity contribution in [2.75, 3.05) is 6.54 Å². The molecule has 3 rings (SSSR count). The lowest BCUT2D eigenvalue weighted by Gasteiger charge is -2.08. The quantitative estimate of drug-likeness (QED) is 0.732. The molecule has 2 aromatic heterocycles. The third-order valence-corrected chi connectivity index (χ3v) is 3.34. The van der Waals surface area contributed by atoms with Crippen molar-refractivity contribution < 1.29 is 4.39 Å². The highest BCUT2D eigenvalue weighted by Crippen LogP contribution is 2.18. The molecular formula is C16H17FN4. The normalized spacial score (nSPS) is 11.1. The molecule has 0 aliphatic heterocycles. The van der Waals surface area contributed by atoms with Gasteiger partial charge in [0.25, 0.3) is 0 Å². The predicted molar refractivity (Wildman–Crippen MR) is 80.4 cm³/mol. The summed E-state index contributed by atoms with van der Waals surface area (Å²) in [5.41, 5.74) is 2.87. The number of nitrogens with zero attached hydrogens (tertiary/aromatic N) is 3. The molecule has 0 bridgehead atoms. The number of aromatic nitrogens is 3. The predicted octanol–water partition coefficient (Wildman–Crippen LogP) is 2.67. The minimum absolute atomic E-state index is 0.227. The fraction of sp³-hybridized carbons (Fsp3) is 0.250. The van der Waals surface area contributed by atoms with Crippen LogP contribution in [0.1, 0.15) is 11.1 Å². The summed E-state index contributed by atoms with van der Waals surface area (Å²) < 4.78 is 15.5. The minimum atomic E-state index is -0.227. The van der Waals surface area contributed by atoms with Crippen LogP contribution >= 0.6 is 0 Å². The maximum atomic E-state index is 13.6. The Morgan fingerprint density at radius 3 is 3.05 bits per heavy atom. The molecule has 0 fully saturated rings. The number of hydrogen-bond donors (Lipinski definition) is 1. The molecule has 0 aliphatic carbocycles.